The summed E-state index contributed by atoms with van der Waals surface area (Å²) < 4.78 is 27.2. The van der Waals surface area contributed by atoms with Crippen LogP contribution in [0, 0.1) is 0 Å². The van der Waals surface area contributed by atoms with Crippen LogP contribution in [0.1, 0.15) is 16.1 Å². The Labute approximate surface area is 196 Å². The summed E-state index contributed by atoms with van der Waals surface area (Å²) in [7, 11) is 3.00. The third-order valence-electron chi connectivity index (χ3n) is 5.03. The normalized spacial score (nSPS) is 10.5. The smallest absolute Gasteiger partial charge is 0.375 e. The predicted octanol–water partition coefficient (Wildman–Crippen LogP) is 4.82. The third-order valence-corrected chi connectivity index (χ3v) is 5.03. The van der Waals surface area contributed by atoms with Gasteiger partial charge in [-0.25, -0.2) is 4.79 Å². The molecule has 8 nitrogen and oxygen atoms in total. The topological polar surface area (TPSA) is 96.2 Å². The molecule has 0 unspecified atom stereocenters. The molecule has 0 radical (unpaired) electrons. The molecule has 174 valence electrons. The van der Waals surface area contributed by atoms with Gasteiger partial charge in [-0.3, -0.25) is 4.79 Å². The van der Waals surface area contributed by atoms with E-state index in [9.17, 15) is 9.59 Å². The molecule has 8 heteroatoms. The second kappa shape index (κ2) is 10.4. The highest BCUT2D eigenvalue weighted by Crippen LogP contribution is 2.30. The van der Waals surface area contributed by atoms with Crippen molar-refractivity contribution in [2.45, 2.75) is 6.61 Å². The fourth-order valence-corrected chi connectivity index (χ4v) is 3.37. The van der Waals surface area contributed by atoms with Crippen LogP contribution in [0.2, 0.25) is 0 Å². The van der Waals surface area contributed by atoms with E-state index in [1.807, 2.05) is 42.5 Å². The minimum absolute atomic E-state index is 0.0103. The van der Waals surface area contributed by atoms with Crippen LogP contribution >= 0.6 is 0 Å². The Morgan fingerprint density at radius 3 is 2.41 bits per heavy atom. The number of amides is 1. The van der Waals surface area contributed by atoms with Gasteiger partial charge < -0.3 is 28.7 Å². The van der Waals surface area contributed by atoms with Gasteiger partial charge in [-0.2, -0.15) is 0 Å². The maximum Gasteiger partial charge on any atom is 0.375 e. The number of fused-ring (bicyclic) bond motifs is 1. The molecule has 4 aromatic rings. The molecule has 0 saturated heterocycles. The number of hydrogen-bond donors (Lipinski definition) is 1. The maximum absolute atomic E-state index is 12.8. The van der Waals surface area contributed by atoms with E-state index < -0.39 is 18.5 Å². The monoisotopic (exact) mass is 461 g/mol. The number of hydrogen-bond acceptors (Lipinski definition) is 7. The first-order valence-electron chi connectivity index (χ1n) is 10.5. The minimum Gasteiger partial charge on any atom is -0.497 e. The number of carbonyl (C=O) groups excluding carboxylic acids is 2. The van der Waals surface area contributed by atoms with Gasteiger partial charge >= 0.3 is 5.97 Å². The van der Waals surface area contributed by atoms with E-state index in [0.29, 0.717) is 34.1 Å². The first-order valence-corrected chi connectivity index (χ1v) is 10.5. The van der Waals surface area contributed by atoms with Crippen LogP contribution in [0.3, 0.4) is 0 Å². The molecule has 34 heavy (non-hydrogen) atoms. The number of methoxy groups -OCH3 is 2. The summed E-state index contributed by atoms with van der Waals surface area (Å²) >= 11 is 0. The van der Waals surface area contributed by atoms with Crippen molar-refractivity contribution in [3.63, 3.8) is 0 Å². The number of nitrogens with one attached hydrogen (secondary N) is 1. The van der Waals surface area contributed by atoms with Gasteiger partial charge in [-0.15, -0.1) is 0 Å². The van der Waals surface area contributed by atoms with Crippen molar-refractivity contribution in [1.82, 2.24) is 0 Å². The molecule has 0 fully saturated rings. The van der Waals surface area contributed by atoms with Crippen molar-refractivity contribution in [2.24, 2.45) is 0 Å². The van der Waals surface area contributed by atoms with E-state index in [1.54, 1.807) is 30.3 Å². The highest BCUT2D eigenvalue weighted by molar-refractivity contribution is 5.98. The lowest BCUT2D eigenvalue weighted by molar-refractivity contribution is -0.119. The molecule has 1 N–H and O–H groups in total. The van der Waals surface area contributed by atoms with Crippen LogP contribution in [-0.2, 0) is 16.1 Å². The predicted molar refractivity (Wildman–Crippen MR) is 125 cm³/mol. The molecule has 1 amide bonds. The highest BCUT2D eigenvalue weighted by atomic mass is 16.5. The van der Waals surface area contributed by atoms with Gasteiger partial charge in [0, 0.05) is 11.5 Å². The number of ether oxygens (including phenoxy) is 4. The molecule has 0 aliphatic heterocycles. The third kappa shape index (κ3) is 5.12. The molecule has 3 aromatic carbocycles. The van der Waals surface area contributed by atoms with Crippen LogP contribution in [-0.4, -0.2) is 32.7 Å². The second-order valence-corrected chi connectivity index (χ2v) is 7.20. The fraction of sp³-hybridized carbons (Fsp3) is 0.154. The Morgan fingerprint density at radius 1 is 0.882 bits per heavy atom. The molecule has 0 atom stereocenters. The number of benzene rings is 3. The average Bonchev–Trinajstić information content (AvgIpc) is 3.25. The SMILES string of the molecule is COc1ccc(OC)c(NC(=O)COC(=O)c2oc3ccccc3c2COc2ccccc2)c1. The van der Waals surface area contributed by atoms with Crippen molar-refractivity contribution in [3.8, 4) is 17.2 Å². The molecular formula is C26H23NO7. The molecule has 0 spiro atoms. The zero-order chi connectivity index (χ0) is 23.9. The van der Waals surface area contributed by atoms with Crippen LogP contribution in [0.4, 0.5) is 5.69 Å². The molecule has 0 bridgehead atoms. The van der Waals surface area contributed by atoms with Gasteiger partial charge in [0.15, 0.2) is 6.61 Å². The lowest BCUT2D eigenvalue weighted by Crippen LogP contribution is -2.21. The minimum atomic E-state index is -0.768. The Balaban J connectivity index is 1.47. The summed E-state index contributed by atoms with van der Waals surface area (Å²) in [5.74, 6) is 0.313. The van der Waals surface area contributed by atoms with E-state index in [2.05, 4.69) is 5.32 Å². The van der Waals surface area contributed by atoms with Crippen LogP contribution in [0.15, 0.2) is 77.2 Å². The quantitative estimate of drug-likeness (QED) is 0.357. The lowest BCUT2D eigenvalue weighted by Gasteiger charge is -2.12. The second-order valence-electron chi connectivity index (χ2n) is 7.20. The van der Waals surface area contributed by atoms with Gasteiger partial charge in [-0.05, 0) is 30.3 Å². The van der Waals surface area contributed by atoms with E-state index in [4.69, 9.17) is 23.4 Å². The average molecular weight is 461 g/mol. The number of rotatable bonds is 9. The Morgan fingerprint density at radius 2 is 1.65 bits per heavy atom. The van der Waals surface area contributed by atoms with Crippen LogP contribution in [0.25, 0.3) is 11.0 Å². The molecular weight excluding hydrogens is 438 g/mol. The summed E-state index contributed by atoms with van der Waals surface area (Å²) in [6.07, 6.45) is 0. The summed E-state index contributed by atoms with van der Waals surface area (Å²) in [5, 5.41) is 3.39. The summed E-state index contributed by atoms with van der Waals surface area (Å²) in [6, 6.07) is 21.4. The van der Waals surface area contributed by atoms with Gasteiger partial charge in [0.25, 0.3) is 5.91 Å². The molecule has 0 saturated carbocycles. The van der Waals surface area contributed by atoms with Crippen LogP contribution < -0.4 is 19.5 Å². The van der Waals surface area contributed by atoms with Crippen molar-refractivity contribution in [1.29, 1.82) is 0 Å². The standard InChI is InChI=1S/C26H23NO7/c1-30-18-12-13-23(31-2)21(14-18)27-24(28)16-33-26(29)25-20(15-32-17-8-4-3-5-9-17)19-10-6-7-11-22(19)34-25/h3-14H,15-16H2,1-2H3,(H,27,28). The van der Waals surface area contributed by atoms with Crippen molar-refractivity contribution in [3.05, 3.63) is 84.1 Å². The summed E-state index contributed by atoms with van der Waals surface area (Å²) in [5.41, 5.74) is 1.45. The zero-order valence-electron chi connectivity index (χ0n) is 18.7. The molecule has 1 aromatic heterocycles. The van der Waals surface area contributed by atoms with E-state index in [1.165, 1.54) is 14.2 Å². The summed E-state index contributed by atoms with van der Waals surface area (Å²) in [6.45, 7) is -0.423. The first kappa shape index (κ1) is 22.7. The molecule has 4 rings (SSSR count). The van der Waals surface area contributed by atoms with Gasteiger partial charge in [-0.1, -0.05) is 36.4 Å². The Kier molecular flexibility index (Phi) is 6.98. The Hall–Kier alpha value is -4.46. The van der Waals surface area contributed by atoms with E-state index in [0.717, 1.165) is 5.39 Å². The number of carbonyl (C=O) groups is 2. The van der Waals surface area contributed by atoms with Crippen molar-refractivity contribution in [2.75, 3.05) is 26.1 Å². The van der Waals surface area contributed by atoms with Crippen LogP contribution in [0.5, 0.6) is 17.2 Å². The van der Waals surface area contributed by atoms with Gasteiger partial charge in [0.2, 0.25) is 5.76 Å². The fourth-order valence-electron chi connectivity index (χ4n) is 3.37. The first-order chi connectivity index (χ1) is 16.6. The highest BCUT2D eigenvalue weighted by Gasteiger charge is 2.23. The summed E-state index contributed by atoms with van der Waals surface area (Å²) in [4.78, 5) is 25.3. The lowest BCUT2D eigenvalue weighted by atomic mass is 10.1. The van der Waals surface area contributed by atoms with E-state index >= 15 is 0 Å². The largest absolute Gasteiger partial charge is 0.497 e. The van der Waals surface area contributed by atoms with Gasteiger partial charge in [0.05, 0.1) is 25.5 Å². The zero-order valence-corrected chi connectivity index (χ0v) is 18.7. The number of furan rings is 1. The Bertz CT molecular complexity index is 1300. The number of anilines is 1. The number of esters is 1. The molecule has 0 aliphatic rings. The van der Waals surface area contributed by atoms with E-state index in [-0.39, 0.29) is 12.4 Å². The maximum atomic E-state index is 12.8. The molecule has 0 aliphatic carbocycles. The van der Waals surface area contributed by atoms with Crippen molar-refractivity contribution >= 4 is 28.5 Å². The number of para-hydroxylation sites is 2. The van der Waals surface area contributed by atoms with Crippen molar-refractivity contribution < 1.29 is 33.0 Å². The molecule has 1 heterocycles. The van der Waals surface area contributed by atoms with Gasteiger partial charge in [0.1, 0.15) is 29.4 Å².